The molecule has 0 bridgehead atoms. The molecule has 0 saturated heterocycles. The monoisotopic (exact) mass is 360 g/mol. The van der Waals surface area contributed by atoms with Crippen molar-refractivity contribution in [2.75, 3.05) is 0 Å². The molecule has 1 N–H and O–H groups in total. The lowest BCUT2D eigenvalue weighted by atomic mass is 10.1. The van der Waals surface area contributed by atoms with E-state index in [4.69, 9.17) is 28.3 Å². The molecule has 0 atom stereocenters. The Kier molecular flexibility index (Phi) is 4.60. The number of aliphatic carboxylic acids is 1. The van der Waals surface area contributed by atoms with Gasteiger partial charge in [0.05, 0.1) is 17.8 Å². The summed E-state index contributed by atoms with van der Waals surface area (Å²) in [6, 6.07) is 15.3. The third-order valence-electron chi connectivity index (χ3n) is 3.72. The maximum Gasteiger partial charge on any atom is 0.308 e. The van der Waals surface area contributed by atoms with Gasteiger partial charge in [-0.1, -0.05) is 47.5 Å². The van der Waals surface area contributed by atoms with E-state index in [0.29, 0.717) is 21.4 Å². The summed E-state index contributed by atoms with van der Waals surface area (Å²) < 4.78 is 1.55. The lowest BCUT2D eigenvalue weighted by molar-refractivity contribution is -0.136. The molecule has 1 aromatic heterocycles. The van der Waals surface area contributed by atoms with Gasteiger partial charge in [0, 0.05) is 10.6 Å². The molecule has 3 aromatic rings. The van der Waals surface area contributed by atoms with Crippen LogP contribution in [0.25, 0.3) is 16.8 Å². The zero-order valence-electron chi connectivity index (χ0n) is 12.8. The first kappa shape index (κ1) is 16.6. The molecule has 1 heterocycles. The standard InChI is InChI=1S/C18H14Cl2N2O2/c1-11-16(10-17(23)24)18(20)22(21-11)15-7-5-12(6-8-15)13-3-2-4-14(19)9-13/h2-9H,10H2,1H3,(H,23,24). The molecule has 6 heteroatoms. The summed E-state index contributed by atoms with van der Waals surface area (Å²) in [5, 5.41) is 14.3. The van der Waals surface area contributed by atoms with Crippen molar-refractivity contribution in [1.82, 2.24) is 9.78 Å². The Morgan fingerprint density at radius 3 is 2.46 bits per heavy atom. The van der Waals surface area contributed by atoms with Crippen LogP contribution >= 0.6 is 23.2 Å². The van der Waals surface area contributed by atoms with Crippen LogP contribution in [-0.4, -0.2) is 20.9 Å². The predicted octanol–water partition coefficient (Wildman–Crippen LogP) is 4.78. The van der Waals surface area contributed by atoms with Crippen LogP contribution < -0.4 is 0 Å². The SMILES string of the molecule is Cc1nn(-c2ccc(-c3cccc(Cl)c3)cc2)c(Cl)c1CC(=O)O. The van der Waals surface area contributed by atoms with Gasteiger partial charge in [-0.05, 0) is 42.3 Å². The van der Waals surface area contributed by atoms with Crippen molar-refractivity contribution in [1.29, 1.82) is 0 Å². The third-order valence-corrected chi connectivity index (χ3v) is 4.34. The number of carboxylic acids is 1. The number of carboxylic acid groups (broad SMARTS) is 1. The molecule has 2 aromatic carbocycles. The molecule has 24 heavy (non-hydrogen) atoms. The molecule has 122 valence electrons. The molecule has 0 radical (unpaired) electrons. The number of hydrogen-bond acceptors (Lipinski definition) is 2. The van der Waals surface area contributed by atoms with Crippen LogP contribution in [0.15, 0.2) is 48.5 Å². The molecule has 0 aliphatic heterocycles. The molecule has 0 saturated carbocycles. The lowest BCUT2D eigenvalue weighted by Crippen LogP contribution is -2.01. The molecule has 4 nitrogen and oxygen atoms in total. The Labute approximate surface area is 149 Å². The van der Waals surface area contributed by atoms with Crippen molar-refractivity contribution in [2.24, 2.45) is 0 Å². The molecule has 3 rings (SSSR count). The Morgan fingerprint density at radius 1 is 1.12 bits per heavy atom. The van der Waals surface area contributed by atoms with Gasteiger partial charge < -0.3 is 5.11 Å². The summed E-state index contributed by atoms with van der Waals surface area (Å²) in [5.41, 5.74) is 3.95. The van der Waals surface area contributed by atoms with E-state index in [0.717, 1.165) is 16.8 Å². The van der Waals surface area contributed by atoms with E-state index in [9.17, 15) is 4.79 Å². The minimum atomic E-state index is -0.934. The summed E-state index contributed by atoms with van der Waals surface area (Å²) in [7, 11) is 0. The van der Waals surface area contributed by atoms with Crippen molar-refractivity contribution >= 4 is 29.2 Å². The van der Waals surface area contributed by atoms with Crippen LogP contribution in [0.5, 0.6) is 0 Å². The Hall–Kier alpha value is -2.30. The zero-order chi connectivity index (χ0) is 17.3. The van der Waals surface area contributed by atoms with Gasteiger partial charge in [0.15, 0.2) is 0 Å². The van der Waals surface area contributed by atoms with Crippen LogP contribution in [0, 0.1) is 6.92 Å². The van der Waals surface area contributed by atoms with Crippen LogP contribution in [0.2, 0.25) is 10.2 Å². The fourth-order valence-electron chi connectivity index (χ4n) is 2.52. The van der Waals surface area contributed by atoms with Crippen LogP contribution in [-0.2, 0) is 11.2 Å². The lowest BCUT2D eigenvalue weighted by Gasteiger charge is -2.06. The highest BCUT2D eigenvalue weighted by atomic mass is 35.5. The maximum absolute atomic E-state index is 10.9. The minimum Gasteiger partial charge on any atom is -0.481 e. The molecule has 0 aliphatic carbocycles. The van der Waals surface area contributed by atoms with E-state index >= 15 is 0 Å². The number of aromatic nitrogens is 2. The fourth-order valence-corrected chi connectivity index (χ4v) is 3.05. The van der Waals surface area contributed by atoms with Crippen molar-refractivity contribution in [3.63, 3.8) is 0 Å². The molecular weight excluding hydrogens is 347 g/mol. The van der Waals surface area contributed by atoms with Crippen LogP contribution in [0.4, 0.5) is 0 Å². The zero-order valence-corrected chi connectivity index (χ0v) is 14.3. The highest BCUT2D eigenvalue weighted by Crippen LogP contribution is 2.27. The number of hydrogen-bond donors (Lipinski definition) is 1. The second-order valence-corrected chi connectivity index (χ2v) is 6.19. The number of nitrogens with zero attached hydrogens (tertiary/aromatic N) is 2. The Morgan fingerprint density at radius 2 is 1.83 bits per heavy atom. The number of rotatable bonds is 4. The van der Waals surface area contributed by atoms with Gasteiger partial charge >= 0.3 is 5.97 Å². The van der Waals surface area contributed by atoms with Gasteiger partial charge in [-0.25, -0.2) is 4.68 Å². The molecule has 0 fully saturated rings. The average Bonchev–Trinajstić information content (AvgIpc) is 2.83. The van der Waals surface area contributed by atoms with Crippen molar-refractivity contribution in [3.05, 3.63) is 70.0 Å². The van der Waals surface area contributed by atoms with Crippen molar-refractivity contribution in [3.8, 4) is 16.8 Å². The smallest absolute Gasteiger partial charge is 0.308 e. The van der Waals surface area contributed by atoms with Gasteiger partial charge in [0.1, 0.15) is 5.15 Å². The number of aryl methyl sites for hydroxylation is 1. The quantitative estimate of drug-likeness (QED) is 0.728. The Bertz CT molecular complexity index is 902. The van der Waals surface area contributed by atoms with Crippen molar-refractivity contribution < 1.29 is 9.90 Å². The summed E-state index contributed by atoms with van der Waals surface area (Å²) in [6.07, 6.45) is -0.148. The normalized spacial score (nSPS) is 10.8. The minimum absolute atomic E-state index is 0.148. The van der Waals surface area contributed by atoms with Gasteiger partial charge in [0.25, 0.3) is 0 Å². The van der Waals surface area contributed by atoms with E-state index < -0.39 is 5.97 Å². The third kappa shape index (κ3) is 3.30. The first-order valence-electron chi connectivity index (χ1n) is 7.28. The Balaban J connectivity index is 1.95. The molecule has 0 aliphatic rings. The van der Waals surface area contributed by atoms with Gasteiger partial charge in [-0.2, -0.15) is 5.10 Å². The molecule has 0 unspecified atom stereocenters. The molecule has 0 spiro atoms. The second-order valence-electron chi connectivity index (χ2n) is 5.39. The first-order valence-corrected chi connectivity index (χ1v) is 8.03. The summed E-state index contributed by atoms with van der Waals surface area (Å²) in [5.74, 6) is -0.934. The predicted molar refractivity (Wildman–Crippen MR) is 95.1 cm³/mol. The molecule has 0 amide bonds. The summed E-state index contributed by atoms with van der Waals surface area (Å²) in [6.45, 7) is 1.75. The van der Waals surface area contributed by atoms with Gasteiger partial charge in [-0.3, -0.25) is 4.79 Å². The van der Waals surface area contributed by atoms with Crippen LogP contribution in [0.1, 0.15) is 11.3 Å². The van der Waals surface area contributed by atoms with Gasteiger partial charge in [0.2, 0.25) is 0 Å². The van der Waals surface area contributed by atoms with E-state index in [1.54, 1.807) is 11.6 Å². The summed E-state index contributed by atoms with van der Waals surface area (Å²) in [4.78, 5) is 10.9. The average molecular weight is 361 g/mol. The second kappa shape index (κ2) is 6.67. The topological polar surface area (TPSA) is 55.1 Å². The maximum atomic E-state index is 10.9. The van der Waals surface area contributed by atoms with E-state index in [-0.39, 0.29) is 6.42 Å². The first-order chi connectivity index (χ1) is 11.5. The van der Waals surface area contributed by atoms with Crippen molar-refractivity contribution in [2.45, 2.75) is 13.3 Å². The molecular formula is C18H14Cl2N2O2. The van der Waals surface area contributed by atoms with E-state index in [1.165, 1.54) is 0 Å². The fraction of sp³-hybridized carbons (Fsp3) is 0.111. The van der Waals surface area contributed by atoms with Gasteiger partial charge in [-0.15, -0.1) is 0 Å². The van der Waals surface area contributed by atoms with Crippen LogP contribution in [0.3, 0.4) is 0 Å². The number of halogens is 2. The van der Waals surface area contributed by atoms with E-state index in [2.05, 4.69) is 5.10 Å². The highest BCUT2D eigenvalue weighted by molar-refractivity contribution is 6.31. The number of carbonyl (C=O) groups is 1. The number of benzene rings is 2. The largest absolute Gasteiger partial charge is 0.481 e. The highest BCUT2D eigenvalue weighted by Gasteiger charge is 2.17. The summed E-state index contributed by atoms with van der Waals surface area (Å²) >= 11 is 12.3. The van der Waals surface area contributed by atoms with E-state index in [1.807, 2.05) is 48.5 Å².